The van der Waals surface area contributed by atoms with E-state index in [-0.39, 0.29) is 0 Å². The summed E-state index contributed by atoms with van der Waals surface area (Å²) in [6.07, 6.45) is 2.56. The molecule has 1 aliphatic carbocycles. The fourth-order valence-electron chi connectivity index (χ4n) is 1.70. The van der Waals surface area contributed by atoms with E-state index in [1.165, 1.54) is 24.6 Å². The van der Waals surface area contributed by atoms with E-state index in [1.54, 1.807) is 6.92 Å². The Balaban J connectivity index is 1.67. The second-order valence-electron chi connectivity index (χ2n) is 4.60. The van der Waals surface area contributed by atoms with Gasteiger partial charge in [-0.05, 0) is 42.3 Å². The molecule has 6 heteroatoms. The second-order valence-corrected chi connectivity index (χ2v) is 6.03. The summed E-state index contributed by atoms with van der Waals surface area (Å²) in [7, 11) is 0. The third-order valence-corrected chi connectivity index (χ3v) is 4.08. The molecule has 1 heterocycles. The standard InChI is InChI=1S/C13H14ClN3OS/c1-8-16-17-13(18-8)19-11-5-2-9(12(14)6-11)7-15-10-3-4-10/h2,5-6,10,15H,3-4,7H2,1H3. The summed E-state index contributed by atoms with van der Waals surface area (Å²) in [4.78, 5) is 1.00. The summed E-state index contributed by atoms with van der Waals surface area (Å²) in [5.41, 5.74) is 1.12. The quantitative estimate of drug-likeness (QED) is 0.916. The highest BCUT2D eigenvalue weighted by Crippen LogP contribution is 2.30. The molecule has 1 aromatic carbocycles. The van der Waals surface area contributed by atoms with Crippen LogP contribution in [0.3, 0.4) is 0 Å². The van der Waals surface area contributed by atoms with Gasteiger partial charge in [-0.1, -0.05) is 17.7 Å². The molecule has 0 unspecified atom stereocenters. The Labute approximate surface area is 120 Å². The molecule has 1 fully saturated rings. The van der Waals surface area contributed by atoms with Crippen LogP contribution in [0.1, 0.15) is 24.3 Å². The molecular formula is C13H14ClN3OS. The van der Waals surface area contributed by atoms with Crippen LogP contribution >= 0.6 is 23.4 Å². The van der Waals surface area contributed by atoms with Crippen molar-refractivity contribution < 1.29 is 4.42 Å². The monoisotopic (exact) mass is 295 g/mol. The predicted octanol–water partition coefficient (Wildman–Crippen LogP) is 3.43. The van der Waals surface area contributed by atoms with Gasteiger partial charge >= 0.3 is 0 Å². The topological polar surface area (TPSA) is 51.0 Å². The lowest BCUT2D eigenvalue weighted by molar-refractivity contribution is 0.429. The first kappa shape index (κ1) is 13.0. The molecule has 0 radical (unpaired) electrons. The summed E-state index contributed by atoms with van der Waals surface area (Å²) in [5, 5.41) is 12.5. The van der Waals surface area contributed by atoms with Gasteiger partial charge in [0.1, 0.15) is 0 Å². The Morgan fingerprint density at radius 1 is 1.42 bits per heavy atom. The van der Waals surface area contributed by atoms with Crippen molar-refractivity contribution in [2.45, 2.75) is 42.5 Å². The molecule has 19 heavy (non-hydrogen) atoms. The molecule has 100 valence electrons. The van der Waals surface area contributed by atoms with Crippen molar-refractivity contribution in [2.75, 3.05) is 0 Å². The Bertz CT molecular complexity index is 583. The molecule has 1 saturated carbocycles. The molecule has 1 N–H and O–H groups in total. The highest BCUT2D eigenvalue weighted by Gasteiger charge is 2.20. The fourth-order valence-corrected chi connectivity index (χ4v) is 2.77. The number of halogens is 1. The number of benzene rings is 1. The third-order valence-electron chi connectivity index (χ3n) is 2.90. The number of hydrogen-bond acceptors (Lipinski definition) is 5. The van der Waals surface area contributed by atoms with E-state index in [9.17, 15) is 0 Å². The van der Waals surface area contributed by atoms with Crippen LogP contribution in [0.5, 0.6) is 0 Å². The van der Waals surface area contributed by atoms with Crippen molar-refractivity contribution in [1.82, 2.24) is 15.5 Å². The van der Waals surface area contributed by atoms with E-state index < -0.39 is 0 Å². The van der Waals surface area contributed by atoms with Gasteiger partial charge in [0.2, 0.25) is 5.89 Å². The summed E-state index contributed by atoms with van der Waals surface area (Å²) < 4.78 is 5.33. The molecular weight excluding hydrogens is 282 g/mol. The van der Waals surface area contributed by atoms with Crippen LogP contribution in [0.4, 0.5) is 0 Å². The van der Waals surface area contributed by atoms with Crippen LogP contribution in [0, 0.1) is 6.92 Å². The average Bonchev–Trinajstić information content (AvgIpc) is 3.12. The molecule has 0 amide bonds. The number of nitrogens with one attached hydrogen (secondary N) is 1. The van der Waals surface area contributed by atoms with Crippen molar-refractivity contribution in [3.8, 4) is 0 Å². The van der Waals surface area contributed by atoms with Gasteiger partial charge in [0.05, 0.1) is 0 Å². The first-order valence-corrected chi connectivity index (χ1v) is 7.40. The van der Waals surface area contributed by atoms with Crippen molar-refractivity contribution in [3.63, 3.8) is 0 Å². The first-order valence-electron chi connectivity index (χ1n) is 6.20. The Morgan fingerprint density at radius 3 is 2.89 bits per heavy atom. The summed E-state index contributed by atoms with van der Waals surface area (Å²) >= 11 is 7.71. The molecule has 4 nitrogen and oxygen atoms in total. The van der Waals surface area contributed by atoms with Crippen molar-refractivity contribution in [1.29, 1.82) is 0 Å². The first-order chi connectivity index (χ1) is 9.20. The summed E-state index contributed by atoms with van der Waals surface area (Å²) in [6.45, 7) is 2.60. The van der Waals surface area contributed by atoms with Crippen LogP contribution in [0.2, 0.25) is 5.02 Å². The Kier molecular flexibility index (Phi) is 3.77. The molecule has 3 rings (SSSR count). The summed E-state index contributed by atoms with van der Waals surface area (Å²) in [5.74, 6) is 0.568. The normalized spacial score (nSPS) is 14.8. The SMILES string of the molecule is Cc1nnc(Sc2ccc(CNC3CC3)c(Cl)c2)o1. The van der Waals surface area contributed by atoms with E-state index in [0.717, 1.165) is 22.0 Å². The lowest BCUT2D eigenvalue weighted by Crippen LogP contribution is -2.15. The number of nitrogens with zero attached hydrogens (tertiary/aromatic N) is 2. The zero-order chi connectivity index (χ0) is 13.2. The minimum absolute atomic E-state index is 0.539. The zero-order valence-corrected chi connectivity index (χ0v) is 12.1. The van der Waals surface area contributed by atoms with Gasteiger partial charge in [-0.15, -0.1) is 10.2 Å². The number of rotatable bonds is 5. The molecule has 1 aromatic heterocycles. The number of aromatic nitrogens is 2. The van der Waals surface area contributed by atoms with Gasteiger partial charge in [0, 0.05) is 29.4 Å². The molecule has 0 bridgehead atoms. The molecule has 1 aliphatic rings. The maximum atomic E-state index is 6.28. The third kappa shape index (κ3) is 3.49. The molecule has 2 aromatic rings. The molecule has 0 aliphatic heterocycles. The van der Waals surface area contributed by atoms with E-state index in [4.69, 9.17) is 16.0 Å². The highest BCUT2D eigenvalue weighted by molar-refractivity contribution is 7.99. The van der Waals surface area contributed by atoms with Crippen LogP contribution in [-0.4, -0.2) is 16.2 Å². The molecule has 0 atom stereocenters. The van der Waals surface area contributed by atoms with Crippen molar-refractivity contribution in [3.05, 3.63) is 34.7 Å². The Hall–Kier alpha value is -1.04. The lowest BCUT2D eigenvalue weighted by atomic mass is 10.2. The number of aryl methyl sites for hydroxylation is 1. The average molecular weight is 296 g/mol. The van der Waals surface area contributed by atoms with Crippen LogP contribution in [0.15, 0.2) is 32.7 Å². The van der Waals surface area contributed by atoms with Gasteiger partial charge < -0.3 is 9.73 Å². The fraction of sp³-hybridized carbons (Fsp3) is 0.385. The van der Waals surface area contributed by atoms with Gasteiger partial charge in [0.25, 0.3) is 5.22 Å². The summed E-state index contributed by atoms with van der Waals surface area (Å²) in [6, 6.07) is 6.70. The zero-order valence-electron chi connectivity index (χ0n) is 10.5. The smallest absolute Gasteiger partial charge is 0.281 e. The van der Waals surface area contributed by atoms with Gasteiger partial charge in [0.15, 0.2) is 0 Å². The van der Waals surface area contributed by atoms with Gasteiger partial charge in [-0.25, -0.2) is 0 Å². The minimum atomic E-state index is 0.539. The van der Waals surface area contributed by atoms with Crippen LogP contribution in [0.25, 0.3) is 0 Å². The van der Waals surface area contributed by atoms with Gasteiger partial charge in [-0.3, -0.25) is 0 Å². The Morgan fingerprint density at radius 2 is 2.26 bits per heavy atom. The van der Waals surface area contributed by atoms with Gasteiger partial charge in [-0.2, -0.15) is 0 Å². The largest absolute Gasteiger partial charge is 0.416 e. The van der Waals surface area contributed by atoms with Crippen LogP contribution < -0.4 is 5.32 Å². The van der Waals surface area contributed by atoms with Crippen LogP contribution in [-0.2, 0) is 6.54 Å². The maximum Gasteiger partial charge on any atom is 0.281 e. The minimum Gasteiger partial charge on any atom is -0.416 e. The molecule has 0 spiro atoms. The van der Waals surface area contributed by atoms with E-state index in [2.05, 4.69) is 15.5 Å². The highest BCUT2D eigenvalue weighted by atomic mass is 35.5. The van der Waals surface area contributed by atoms with Crippen molar-refractivity contribution in [2.24, 2.45) is 0 Å². The second kappa shape index (κ2) is 5.53. The van der Waals surface area contributed by atoms with E-state index in [0.29, 0.717) is 17.2 Å². The van der Waals surface area contributed by atoms with E-state index in [1.807, 2.05) is 18.2 Å². The number of hydrogen-bond donors (Lipinski definition) is 1. The van der Waals surface area contributed by atoms with Crippen molar-refractivity contribution >= 4 is 23.4 Å². The molecule has 0 saturated heterocycles. The van der Waals surface area contributed by atoms with E-state index >= 15 is 0 Å². The maximum absolute atomic E-state index is 6.28. The lowest BCUT2D eigenvalue weighted by Gasteiger charge is -2.06. The predicted molar refractivity (Wildman–Crippen MR) is 74.5 cm³/mol.